The van der Waals surface area contributed by atoms with Crippen molar-refractivity contribution in [3.05, 3.63) is 23.8 Å². The minimum absolute atomic E-state index is 0.0391. The maximum Gasteiger partial charge on any atom is 0.258 e. The zero-order valence-corrected chi connectivity index (χ0v) is 16.3. The molecule has 5 aliphatic rings. The molecule has 0 saturated heterocycles. The average molecular weight is 384 g/mol. The fraction of sp³-hybridized carbons (Fsp3) is 0.636. The Morgan fingerprint density at radius 2 is 2.07 bits per heavy atom. The number of fused-ring (bicyclic) bond motifs is 3. The highest BCUT2D eigenvalue weighted by molar-refractivity contribution is 5.98. The van der Waals surface area contributed by atoms with E-state index in [9.17, 15) is 9.59 Å². The normalized spacial score (nSPS) is 33.9. The van der Waals surface area contributed by atoms with Crippen LogP contribution in [0.3, 0.4) is 0 Å². The maximum absolute atomic E-state index is 12.9. The molecule has 28 heavy (non-hydrogen) atoms. The Hall–Kier alpha value is -2.24. The molecule has 1 aromatic carbocycles. The zero-order valence-electron chi connectivity index (χ0n) is 16.3. The van der Waals surface area contributed by atoms with Crippen LogP contribution in [0.5, 0.6) is 11.5 Å². The summed E-state index contributed by atoms with van der Waals surface area (Å²) in [7, 11) is 1.61. The van der Waals surface area contributed by atoms with Crippen molar-refractivity contribution in [1.29, 1.82) is 0 Å². The highest BCUT2D eigenvalue weighted by atomic mass is 16.5. The molecule has 0 radical (unpaired) electrons. The lowest BCUT2D eigenvalue weighted by atomic mass is 9.60. The van der Waals surface area contributed by atoms with Gasteiger partial charge in [0.2, 0.25) is 5.91 Å². The van der Waals surface area contributed by atoms with Gasteiger partial charge in [0, 0.05) is 30.4 Å². The number of hydrogen-bond acceptors (Lipinski definition) is 4. The molecule has 1 aromatic rings. The number of carbonyl (C=O) groups excluding carboxylic acids is 2. The molecule has 6 rings (SSSR count). The number of methoxy groups -OCH3 is 1. The van der Waals surface area contributed by atoms with Crippen LogP contribution in [0.25, 0.3) is 0 Å². The van der Waals surface area contributed by atoms with E-state index < -0.39 is 5.72 Å². The molecular weight excluding hydrogens is 356 g/mol. The SMILES string of the molecule is COc1ccc2c(c1)O[C@]1(C[C@@H]3CC[C@@H]1C[C@@H]3C(=O)NC1CCCC1)NC2=O. The molecule has 0 unspecified atom stereocenters. The lowest BCUT2D eigenvalue weighted by Crippen LogP contribution is -2.67. The molecule has 4 aliphatic carbocycles. The van der Waals surface area contributed by atoms with Gasteiger partial charge in [0.15, 0.2) is 5.72 Å². The van der Waals surface area contributed by atoms with Gasteiger partial charge < -0.3 is 20.1 Å². The second-order valence-electron chi connectivity index (χ2n) is 8.88. The van der Waals surface area contributed by atoms with Crippen LogP contribution in [0.1, 0.15) is 61.7 Å². The second-order valence-corrected chi connectivity index (χ2v) is 8.88. The zero-order chi connectivity index (χ0) is 19.3. The molecular formula is C22H28N2O4. The predicted molar refractivity (Wildman–Crippen MR) is 103 cm³/mol. The molecule has 4 atom stereocenters. The summed E-state index contributed by atoms with van der Waals surface area (Å²) >= 11 is 0. The van der Waals surface area contributed by atoms with Gasteiger partial charge >= 0.3 is 0 Å². The van der Waals surface area contributed by atoms with Crippen LogP contribution in [0.15, 0.2) is 18.2 Å². The molecule has 1 aliphatic heterocycles. The van der Waals surface area contributed by atoms with E-state index in [2.05, 4.69) is 10.6 Å². The lowest BCUT2D eigenvalue weighted by molar-refractivity contribution is -0.147. The van der Waals surface area contributed by atoms with E-state index in [0.29, 0.717) is 29.5 Å². The van der Waals surface area contributed by atoms with E-state index in [-0.39, 0.29) is 29.6 Å². The van der Waals surface area contributed by atoms with Crippen LogP contribution < -0.4 is 20.1 Å². The van der Waals surface area contributed by atoms with E-state index in [0.717, 1.165) is 32.1 Å². The van der Waals surface area contributed by atoms with Crippen molar-refractivity contribution in [3.8, 4) is 11.5 Å². The smallest absolute Gasteiger partial charge is 0.258 e. The number of rotatable bonds is 3. The third-order valence-corrected chi connectivity index (χ3v) is 7.31. The number of benzene rings is 1. The van der Waals surface area contributed by atoms with Gasteiger partial charge in [-0.1, -0.05) is 12.8 Å². The molecule has 2 N–H and O–H groups in total. The Labute approximate surface area is 165 Å². The van der Waals surface area contributed by atoms with E-state index in [1.165, 1.54) is 12.8 Å². The van der Waals surface area contributed by atoms with Crippen molar-refractivity contribution in [2.45, 2.75) is 63.1 Å². The molecule has 150 valence electrons. The summed E-state index contributed by atoms with van der Waals surface area (Å²) in [5.41, 5.74) is -0.146. The molecule has 6 heteroatoms. The molecule has 1 heterocycles. The third kappa shape index (κ3) is 2.85. The first-order chi connectivity index (χ1) is 13.6. The monoisotopic (exact) mass is 384 g/mol. The maximum atomic E-state index is 12.9. The summed E-state index contributed by atoms with van der Waals surface area (Å²) in [6, 6.07) is 5.67. The van der Waals surface area contributed by atoms with Gasteiger partial charge in [-0.2, -0.15) is 0 Å². The third-order valence-electron chi connectivity index (χ3n) is 7.31. The molecule has 4 saturated carbocycles. The topological polar surface area (TPSA) is 76.7 Å². The van der Waals surface area contributed by atoms with Crippen molar-refractivity contribution >= 4 is 11.8 Å². The Balaban J connectivity index is 1.35. The molecule has 2 amide bonds. The van der Waals surface area contributed by atoms with E-state index in [1.54, 1.807) is 25.3 Å². The summed E-state index contributed by atoms with van der Waals surface area (Å²) < 4.78 is 11.7. The average Bonchev–Trinajstić information content (AvgIpc) is 3.20. The highest BCUT2D eigenvalue weighted by Crippen LogP contribution is 2.52. The molecule has 2 bridgehead atoms. The molecule has 4 fully saturated rings. The number of carbonyl (C=O) groups is 2. The van der Waals surface area contributed by atoms with Crippen LogP contribution in [-0.4, -0.2) is 30.7 Å². The largest absolute Gasteiger partial charge is 0.497 e. The first kappa shape index (κ1) is 17.8. The standard InChI is InChI=1S/C22H28N2O4/c1-27-16-8-9-17-19(11-16)28-22(24-21(17)26)12-13-6-7-14(22)10-18(13)20(25)23-15-4-2-3-5-15/h8-9,11,13-15,18H,2-7,10,12H2,1H3,(H,23,25)(H,24,26)/t13-,14+,18-,22-/m0/s1. The van der Waals surface area contributed by atoms with Gasteiger partial charge in [0.25, 0.3) is 5.91 Å². The summed E-state index contributed by atoms with van der Waals surface area (Å²) in [5.74, 6) is 1.82. The molecule has 6 nitrogen and oxygen atoms in total. The predicted octanol–water partition coefficient (Wildman–Crippen LogP) is 3.01. The van der Waals surface area contributed by atoms with Crippen LogP contribution in [-0.2, 0) is 4.79 Å². The van der Waals surface area contributed by atoms with Gasteiger partial charge in [-0.15, -0.1) is 0 Å². The van der Waals surface area contributed by atoms with E-state index >= 15 is 0 Å². The van der Waals surface area contributed by atoms with Crippen molar-refractivity contribution < 1.29 is 19.1 Å². The van der Waals surface area contributed by atoms with Crippen molar-refractivity contribution in [3.63, 3.8) is 0 Å². The fourth-order valence-corrected chi connectivity index (χ4v) is 5.82. The Morgan fingerprint density at radius 3 is 2.79 bits per heavy atom. The number of amides is 2. The fourth-order valence-electron chi connectivity index (χ4n) is 5.82. The Bertz CT molecular complexity index is 804. The van der Waals surface area contributed by atoms with E-state index in [4.69, 9.17) is 9.47 Å². The van der Waals surface area contributed by atoms with Crippen LogP contribution >= 0.6 is 0 Å². The highest BCUT2D eigenvalue weighted by Gasteiger charge is 2.57. The first-order valence-electron chi connectivity index (χ1n) is 10.6. The van der Waals surface area contributed by atoms with Crippen molar-refractivity contribution in [1.82, 2.24) is 10.6 Å². The number of hydrogen-bond donors (Lipinski definition) is 2. The van der Waals surface area contributed by atoms with E-state index in [1.807, 2.05) is 0 Å². The Morgan fingerprint density at radius 1 is 1.25 bits per heavy atom. The number of nitrogens with one attached hydrogen (secondary N) is 2. The van der Waals surface area contributed by atoms with Crippen molar-refractivity contribution in [2.75, 3.05) is 7.11 Å². The quantitative estimate of drug-likeness (QED) is 0.840. The summed E-state index contributed by atoms with van der Waals surface area (Å²) in [6.07, 6.45) is 8.13. The molecule has 1 spiro atoms. The summed E-state index contributed by atoms with van der Waals surface area (Å²) in [4.78, 5) is 25.7. The second kappa shape index (κ2) is 6.68. The summed E-state index contributed by atoms with van der Waals surface area (Å²) in [6.45, 7) is 0. The lowest BCUT2D eigenvalue weighted by Gasteiger charge is -2.55. The first-order valence-corrected chi connectivity index (χ1v) is 10.6. The van der Waals surface area contributed by atoms with Gasteiger partial charge in [-0.3, -0.25) is 9.59 Å². The van der Waals surface area contributed by atoms with Gasteiger partial charge in [0.05, 0.1) is 12.7 Å². The van der Waals surface area contributed by atoms with Gasteiger partial charge in [-0.25, -0.2) is 0 Å². The Kier molecular flexibility index (Phi) is 4.25. The van der Waals surface area contributed by atoms with Gasteiger partial charge in [-0.05, 0) is 50.2 Å². The molecule has 0 aromatic heterocycles. The van der Waals surface area contributed by atoms with Crippen LogP contribution in [0, 0.1) is 17.8 Å². The minimum atomic E-state index is -0.691. The van der Waals surface area contributed by atoms with Crippen LogP contribution in [0.2, 0.25) is 0 Å². The number of ether oxygens (including phenoxy) is 2. The van der Waals surface area contributed by atoms with Crippen LogP contribution in [0.4, 0.5) is 0 Å². The van der Waals surface area contributed by atoms with Gasteiger partial charge in [0.1, 0.15) is 11.5 Å². The summed E-state index contributed by atoms with van der Waals surface area (Å²) in [5, 5.41) is 6.44. The minimum Gasteiger partial charge on any atom is -0.497 e. The van der Waals surface area contributed by atoms with Crippen molar-refractivity contribution in [2.24, 2.45) is 17.8 Å².